The highest BCUT2D eigenvalue weighted by Crippen LogP contribution is 2.21. The van der Waals surface area contributed by atoms with Gasteiger partial charge in [-0.15, -0.1) is 0 Å². The predicted octanol–water partition coefficient (Wildman–Crippen LogP) is 2.26. The van der Waals surface area contributed by atoms with E-state index in [0.29, 0.717) is 11.0 Å². The highest BCUT2D eigenvalue weighted by atomic mass is 79.9. The quantitative estimate of drug-likeness (QED) is 0.494. The summed E-state index contributed by atoms with van der Waals surface area (Å²) in [7, 11) is -3.94. The summed E-state index contributed by atoms with van der Waals surface area (Å²) in [5, 5.41) is 7.75. The second kappa shape index (κ2) is 9.29. The Morgan fingerprint density at radius 3 is 2.69 bits per heavy atom. The van der Waals surface area contributed by atoms with E-state index in [0.717, 1.165) is 25.3 Å². The Morgan fingerprint density at radius 1 is 1.27 bits per heavy atom. The lowest BCUT2D eigenvalue weighted by atomic mass is 9.97. The summed E-state index contributed by atoms with van der Waals surface area (Å²) in [6, 6.07) is 3.76. The lowest BCUT2D eigenvalue weighted by Crippen LogP contribution is -2.30. The second-order valence-electron chi connectivity index (χ2n) is 5.97. The minimum atomic E-state index is -3.94. The highest BCUT2D eigenvalue weighted by molar-refractivity contribution is 9.10. The van der Waals surface area contributed by atoms with Crippen LogP contribution in [0.4, 0.5) is 0 Å². The van der Waals surface area contributed by atoms with Crippen molar-refractivity contribution >= 4 is 37.8 Å². The van der Waals surface area contributed by atoms with E-state index in [2.05, 4.69) is 27.3 Å². The van der Waals surface area contributed by atoms with E-state index < -0.39 is 28.5 Å². The van der Waals surface area contributed by atoms with Crippen LogP contribution in [0.3, 0.4) is 0 Å². The Labute approximate surface area is 161 Å². The predicted molar refractivity (Wildman–Crippen MR) is 100.0 cm³/mol. The van der Waals surface area contributed by atoms with Crippen molar-refractivity contribution < 1.29 is 22.7 Å². The molecule has 0 saturated heterocycles. The standard InChI is InChI=1S/C17H21BrN2O5S/c18-15-7-6-13(26(19,23)24)10-14(15)17(22)25-11-16(21)20-9-8-12-4-2-1-3-5-12/h4,6-7,10H,1-3,5,8-9,11H2,(H,20,21)(H2,19,23,24). The van der Waals surface area contributed by atoms with Gasteiger partial charge in [-0.3, -0.25) is 4.79 Å². The molecule has 7 nitrogen and oxygen atoms in total. The Bertz CT molecular complexity index is 820. The summed E-state index contributed by atoms with van der Waals surface area (Å²) in [4.78, 5) is 23.7. The third-order valence-corrected chi connectivity index (χ3v) is 5.58. The largest absolute Gasteiger partial charge is 0.452 e. The van der Waals surface area contributed by atoms with Crippen LogP contribution in [-0.2, 0) is 19.6 Å². The number of allylic oxidation sites excluding steroid dienone is 1. The summed E-state index contributed by atoms with van der Waals surface area (Å²) in [5.41, 5.74) is 1.33. The lowest BCUT2D eigenvalue weighted by Gasteiger charge is -2.13. The number of benzene rings is 1. The van der Waals surface area contributed by atoms with Crippen LogP contribution in [0.1, 0.15) is 42.5 Å². The second-order valence-corrected chi connectivity index (χ2v) is 8.39. The third kappa shape index (κ3) is 6.22. The molecule has 26 heavy (non-hydrogen) atoms. The molecule has 0 aliphatic heterocycles. The monoisotopic (exact) mass is 444 g/mol. The first-order chi connectivity index (χ1) is 12.3. The average molecular weight is 445 g/mol. The van der Waals surface area contributed by atoms with E-state index >= 15 is 0 Å². The molecule has 0 bridgehead atoms. The van der Waals surface area contributed by atoms with Crippen molar-refractivity contribution in [1.29, 1.82) is 0 Å². The first-order valence-electron chi connectivity index (χ1n) is 8.21. The molecule has 1 aromatic rings. The van der Waals surface area contributed by atoms with Gasteiger partial charge in [-0.25, -0.2) is 18.4 Å². The maximum Gasteiger partial charge on any atom is 0.339 e. The normalized spacial score (nSPS) is 14.5. The zero-order valence-corrected chi connectivity index (χ0v) is 16.6. The molecule has 2 rings (SSSR count). The van der Waals surface area contributed by atoms with Crippen molar-refractivity contribution in [2.45, 2.75) is 37.0 Å². The van der Waals surface area contributed by atoms with Gasteiger partial charge < -0.3 is 10.1 Å². The van der Waals surface area contributed by atoms with E-state index in [4.69, 9.17) is 9.88 Å². The molecule has 3 N–H and O–H groups in total. The average Bonchev–Trinajstić information content (AvgIpc) is 2.60. The first-order valence-corrected chi connectivity index (χ1v) is 10.6. The van der Waals surface area contributed by atoms with E-state index in [1.807, 2.05) is 0 Å². The van der Waals surface area contributed by atoms with Gasteiger partial charge in [-0.2, -0.15) is 0 Å². The number of rotatable bonds is 7. The molecule has 0 atom stereocenters. The molecule has 9 heteroatoms. The fraction of sp³-hybridized carbons (Fsp3) is 0.412. The molecule has 0 fully saturated rings. The summed E-state index contributed by atoms with van der Waals surface area (Å²) >= 11 is 3.15. The molecule has 0 unspecified atom stereocenters. The molecule has 0 saturated carbocycles. The van der Waals surface area contributed by atoms with Crippen molar-refractivity contribution in [2.24, 2.45) is 5.14 Å². The van der Waals surface area contributed by atoms with Gasteiger partial charge in [-0.05, 0) is 66.2 Å². The number of nitrogens with one attached hydrogen (secondary N) is 1. The fourth-order valence-electron chi connectivity index (χ4n) is 2.59. The molecule has 1 aromatic carbocycles. The molecule has 0 aromatic heterocycles. The maximum atomic E-state index is 12.1. The Morgan fingerprint density at radius 2 is 2.04 bits per heavy atom. The number of nitrogens with two attached hydrogens (primary N) is 1. The van der Waals surface area contributed by atoms with Gasteiger partial charge in [0.15, 0.2) is 6.61 Å². The number of esters is 1. The van der Waals surface area contributed by atoms with Gasteiger partial charge in [0.1, 0.15) is 0 Å². The van der Waals surface area contributed by atoms with Crippen LogP contribution in [-0.4, -0.2) is 33.4 Å². The molecule has 0 heterocycles. The van der Waals surface area contributed by atoms with E-state index in [9.17, 15) is 18.0 Å². The molecule has 1 amide bonds. The number of carbonyl (C=O) groups excluding carboxylic acids is 2. The van der Waals surface area contributed by atoms with Crippen molar-refractivity contribution in [3.8, 4) is 0 Å². The molecule has 1 aliphatic carbocycles. The van der Waals surface area contributed by atoms with Crippen LogP contribution in [0.15, 0.2) is 39.2 Å². The van der Waals surface area contributed by atoms with Crippen molar-refractivity contribution in [1.82, 2.24) is 5.32 Å². The zero-order valence-electron chi connectivity index (χ0n) is 14.2. The number of hydrogen-bond acceptors (Lipinski definition) is 5. The minimum absolute atomic E-state index is 0.0170. The topological polar surface area (TPSA) is 116 Å². The number of amides is 1. The number of hydrogen-bond donors (Lipinski definition) is 2. The molecular formula is C17H21BrN2O5S. The number of carbonyl (C=O) groups is 2. The van der Waals surface area contributed by atoms with Gasteiger partial charge in [0, 0.05) is 11.0 Å². The van der Waals surface area contributed by atoms with Crippen LogP contribution in [0.2, 0.25) is 0 Å². The molecule has 142 valence electrons. The first kappa shape index (κ1) is 20.6. The van der Waals surface area contributed by atoms with Crippen molar-refractivity contribution in [3.05, 3.63) is 39.9 Å². The smallest absolute Gasteiger partial charge is 0.339 e. The van der Waals surface area contributed by atoms with Crippen LogP contribution in [0, 0.1) is 0 Å². The van der Waals surface area contributed by atoms with Gasteiger partial charge in [-0.1, -0.05) is 11.6 Å². The lowest BCUT2D eigenvalue weighted by molar-refractivity contribution is -0.124. The fourth-order valence-corrected chi connectivity index (χ4v) is 3.54. The third-order valence-electron chi connectivity index (χ3n) is 3.97. The van der Waals surface area contributed by atoms with E-state index in [-0.39, 0.29) is 10.5 Å². The van der Waals surface area contributed by atoms with Gasteiger partial charge in [0.2, 0.25) is 10.0 Å². The van der Waals surface area contributed by atoms with Crippen LogP contribution >= 0.6 is 15.9 Å². The van der Waals surface area contributed by atoms with Gasteiger partial charge in [0.25, 0.3) is 5.91 Å². The van der Waals surface area contributed by atoms with Crippen molar-refractivity contribution in [2.75, 3.05) is 13.2 Å². The van der Waals surface area contributed by atoms with Gasteiger partial charge >= 0.3 is 5.97 Å². The van der Waals surface area contributed by atoms with Gasteiger partial charge in [0.05, 0.1) is 10.5 Å². The SMILES string of the molecule is NS(=O)(=O)c1ccc(Br)c(C(=O)OCC(=O)NCCC2=CCCCC2)c1. The summed E-state index contributed by atoms with van der Waals surface area (Å²) in [6.45, 7) is 0.0523. The Kier molecular flexibility index (Phi) is 7.36. The summed E-state index contributed by atoms with van der Waals surface area (Å²) in [5.74, 6) is -1.22. The minimum Gasteiger partial charge on any atom is -0.452 e. The highest BCUT2D eigenvalue weighted by Gasteiger charge is 2.17. The molecule has 0 spiro atoms. The summed E-state index contributed by atoms with van der Waals surface area (Å²) < 4.78 is 28.0. The number of sulfonamides is 1. The number of halogens is 1. The van der Waals surface area contributed by atoms with Crippen LogP contribution in [0.25, 0.3) is 0 Å². The van der Waals surface area contributed by atoms with Crippen LogP contribution in [0.5, 0.6) is 0 Å². The summed E-state index contributed by atoms with van der Waals surface area (Å²) in [6.07, 6.45) is 7.57. The number of primary sulfonamides is 1. The zero-order chi connectivity index (χ0) is 19.2. The number of ether oxygens (including phenoxy) is 1. The Balaban J connectivity index is 1.84. The molecule has 1 aliphatic rings. The molecule has 0 radical (unpaired) electrons. The van der Waals surface area contributed by atoms with E-state index in [1.165, 1.54) is 30.5 Å². The van der Waals surface area contributed by atoms with Crippen molar-refractivity contribution in [3.63, 3.8) is 0 Å². The van der Waals surface area contributed by atoms with E-state index in [1.54, 1.807) is 0 Å². The van der Waals surface area contributed by atoms with Crippen LogP contribution < -0.4 is 10.5 Å². The Hall–Kier alpha value is -1.71. The molecular weight excluding hydrogens is 424 g/mol. The maximum absolute atomic E-state index is 12.1.